The first-order chi connectivity index (χ1) is 12.7. The van der Waals surface area contributed by atoms with Crippen molar-refractivity contribution in [1.82, 2.24) is 0 Å². The van der Waals surface area contributed by atoms with Crippen molar-refractivity contribution in [2.75, 3.05) is 6.61 Å². The molecule has 2 aliphatic heterocycles. The number of aliphatic hydroxyl groups excluding tert-OH is 5. The molecule has 0 aromatic heterocycles. The molecular weight excluding hydrogens is 364 g/mol. The van der Waals surface area contributed by atoms with Crippen molar-refractivity contribution in [2.24, 2.45) is 11.8 Å². The van der Waals surface area contributed by atoms with E-state index in [-0.39, 0.29) is 6.42 Å². The van der Waals surface area contributed by atoms with Crippen molar-refractivity contribution in [3.8, 4) is 0 Å². The third kappa shape index (κ3) is 3.70. The number of rotatable bonds is 4. The molecule has 1 saturated heterocycles. The summed E-state index contributed by atoms with van der Waals surface area (Å²) in [7, 11) is 0. The van der Waals surface area contributed by atoms with Gasteiger partial charge >= 0.3 is 5.97 Å². The quantitative estimate of drug-likeness (QED) is 0.340. The number of hydrogen-bond acceptors (Lipinski definition) is 10. The standard InChI is InChI=1S/C17H26O10/c1-7(19)27-17(2)5-9(20)8-3-4-24-15(11(8)17)26-16-14(23)13(22)12(21)10(6-18)25-16/h3-4,8-16,18,20-23H,5-6H2,1-2H3/t8-,9?,10+,11+,12-,13+,14+,15-,16-,17-/m0/s1. The van der Waals surface area contributed by atoms with Gasteiger partial charge in [0, 0.05) is 19.3 Å². The van der Waals surface area contributed by atoms with Crippen molar-refractivity contribution in [3.63, 3.8) is 0 Å². The molecule has 0 bridgehead atoms. The van der Waals surface area contributed by atoms with Gasteiger partial charge in [-0.25, -0.2) is 0 Å². The SMILES string of the molecule is CC(=O)O[C@@]1(C)CC(O)[C@@H]2C=CO[C@@H](O[C@@H]3O[C@H](CO)[C@H](O)[C@@H](O)[C@H]3O)[C@@H]21. The molecule has 154 valence electrons. The summed E-state index contributed by atoms with van der Waals surface area (Å²) in [5, 5.41) is 49.6. The van der Waals surface area contributed by atoms with E-state index >= 15 is 0 Å². The molecule has 2 heterocycles. The highest BCUT2D eigenvalue weighted by Crippen LogP contribution is 2.48. The average Bonchev–Trinajstić information content (AvgIpc) is 2.86. The van der Waals surface area contributed by atoms with Crippen molar-refractivity contribution in [1.29, 1.82) is 0 Å². The summed E-state index contributed by atoms with van der Waals surface area (Å²) in [6.45, 7) is 2.33. The smallest absolute Gasteiger partial charge is 0.303 e. The van der Waals surface area contributed by atoms with Gasteiger partial charge in [-0.2, -0.15) is 0 Å². The van der Waals surface area contributed by atoms with Gasteiger partial charge in [-0.05, 0) is 13.0 Å². The van der Waals surface area contributed by atoms with E-state index in [4.69, 9.17) is 18.9 Å². The molecule has 1 saturated carbocycles. The Balaban J connectivity index is 1.81. The topological polar surface area (TPSA) is 155 Å². The predicted molar refractivity (Wildman–Crippen MR) is 86.6 cm³/mol. The molecule has 0 aromatic rings. The van der Waals surface area contributed by atoms with Crippen LogP contribution in [0.1, 0.15) is 20.3 Å². The predicted octanol–water partition coefficient (Wildman–Crippen LogP) is -2.01. The van der Waals surface area contributed by atoms with Crippen LogP contribution in [0.3, 0.4) is 0 Å². The Hall–Kier alpha value is -1.27. The molecule has 10 atom stereocenters. The Labute approximate surface area is 155 Å². The molecule has 2 fully saturated rings. The van der Waals surface area contributed by atoms with E-state index < -0.39 is 73.1 Å². The molecule has 27 heavy (non-hydrogen) atoms. The zero-order chi connectivity index (χ0) is 19.9. The lowest BCUT2D eigenvalue weighted by molar-refractivity contribution is -0.346. The number of carbonyl (C=O) groups is 1. The van der Waals surface area contributed by atoms with Crippen molar-refractivity contribution in [3.05, 3.63) is 12.3 Å². The fourth-order valence-corrected chi connectivity index (χ4v) is 4.22. The minimum absolute atomic E-state index is 0.171. The van der Waals surface area contributed by atoms with Crippen LogP contribution in [-0.2, 0) is 23.7 Å². The van der Waals surface area contributed by atoms with Crippen LogP contribution in [0.4, 0.5) is 0 Å². The summed E-state index contributed by atoms with van der Waals surface area (Å²) in [6.07, 6.45) is -5.92. The zero-order valence-electron chi connectivity index (χ0n) is 15.0. The van der Waals surface area contributed by atoms with Gasteiger partial charge in [0.15, 0.2) is 6.29 Å². The summed E-state index contributed by atoms with van der Waals surface area (Å²) >= 11 is 0. The lowest BCUT2D eigenvalue weighted by Gasteiger charge is -2.44. The normalized spacial score (nSPS) is 49.4. The molecule has 1 unspecified atom stereocenters. The average molecular weight is 390 g/mol. The Bertz CT molecular complexity index is 580. The van der Waals surface area contributed by atoms with E-state index in [2.05, 4.69) is 0 Å². The fourth-order valence-electron chi connectivity index (χ4n) is 4.22. The van der Waals surface area contributed by atoms with Gasteiger partial charge in [-0.15, -0.1) is 0 Å². The van der Waals surface area contributed by atoms with Gasteiger partial charge in [-0.3, -0.25) is 4.79 Å². The van der Waals surface area contributed by atoms with Gasteiger partial charge in [0.1, 0.15) is 30.0 Å². The lowest BCUT2D eigenvalue weighted by atomic mass is 9.84. The first-order valence-corrected chi connectivity index (χ1v) is 8.83. The summed E-state index contributed by atoms with van der Waals surface area (Å²) in [4.78, 5) is 11.5. The van der Waals surface area contributed by atoms with Crippen LogP contribution < -0.4 is 0 Å². The minimum Gasteiger partial charge on any atom is -0.472 e. The van der Waals surface area contributed by atoms with Crippen LogP contribution >= 0.6 is 0 Å². The number of esters is 1. The number of ether oxygens (including phenoxy) is 4. The molecule has 0 radical (unpaired) electrons. The first-order valence-electron chi connectivity index (χ1n) is 8.83. The summed E-state index contributed by atoms with van der Waals surface area (Å²) in [6, 6.07) is 0. The van der Waals surface area contributed by atoms with Gasteiger partial charge in [0.2, 0.25) is 6.29 Å². The van der Waals surface area contributed by atoms with Crippen molar-refractivity contribution in [2.45, 2.75) is 69.0 Å². The van der Waals surface area contributed by atoms with E-state index in [1.165, 1.54) is 13.2 Å². The highest BCUT2D eigenvalue weighted by Gasteiger charge is 2.58. The largest absolute Gasteiger partial charge is 0.472 e. The van der Waals surface area contributed by atoms with E-state index in [9.17, 15) is 30.3 Å². The molecule has 3 aliphatic rings. The molecule has 0 spiro atoms. The van der Waals surface area contributed by atoms with Gasteiger partial charge in [0.25, 0.3) is 0 Å². The van der Waals surface area contributed by atoms with Crippen LogP contribution in [-0.4, -0.2) is 86.8 Å². The number of aliphatic hydroxyl groups is 5. The highest BCUT2D eigenvalue weighted by molar-refractivity contribution is 5.66. The van der Waals surface area contributed by atoms with E-state index in [0.717, 1.165) is 0 Å². The second-order valence-corrected chi connectivity index (χ2v) is 7.45. The monoisotopic (exact) mass is 390 g/mol. The number of carbonyl (C=O) groups excluding carboxylic acids is 1. The van der Waals surface area contributed by atoms with Crippen LogP contribution in [0, 0.1) is 11.8 Å². The third-order valence-corrected chi connectivity index (χ3v) is 5.48. The summed E-state index contributed by atoms with van der Waals surface area (Å²) in [5.41, 5.74) is -1.08. The summed E-state index contributed by atoms with van der Waals surface area (Å²) in [5.74, 6) is -1.54. The van der Waals surface area contributed by atoms with E-state index in [0.29, 0.717) is 0 Å². The van der Waals surface area contributed by atoms with E-state index in [1.807, 2.05) is 0 Å². The molecule has 5 N–H and O–H groups in total. The van der Waals surface area contributed by atoms with Crippen LogP contribution in [0.5, 0.6) is 0 Å². The molecule has 1 aliphatic carbocycles. The Kier molecular flexibility index (Phi) is 5.78. The Morgan fingerprint density at radius 1 is 1.19 bits per heavy atom. The maximum atomic E-state index is 11.5. The zero-order valence-corrected chi connectivity index (χ0v) is 15.0. The molecule has 0 aromatic carbocycles. The molecule has 3 rings (SSSR count). The lowest BCUT2D eigenvalue weighted by Crippen LogP contribution is -2.60. The molecular formula is C17H26O10. The minimum atomic E-state index is -1.60. The van der Waals surface area contributed by atoms with Gasteiger partial charge < -0.3 is 44.5 Å². The van der Waals surface area contributed by atoms with Gasteiger partial charge in [0.05, 0.1) is 24.9 Å². The summed E-state index contributed by atoms with van der Waals surface area (Å²) < 4.78 is 22.0. The maximum Gasteiger partial charge on any atom is 0.303 e. The van der Waals surface area contributed by atoms with E-state index in [1.54, 1.807) is 13.0 Å². The Morgan fingerprint density at radius 2 is 1.89 bits per heavy atom. The molecule has 10 heteroatoms. The Morgan fingerprint density at radius 3 is 2.52 bits per heavy atom. The van der Waals surface area contributed by atoms with Crippen molar-refractivity contribution >= 4 is 5.97 Å². The van der Waals surface area contributed by atoms with Crippen LogP contribution in [0.2, 0.25) is 0 Å². The maximum absolute atomic E-state index is 11.5. The molecule has 0 amide bonds. The highest BCUT2D eigenvalue weighted by atomic mass is 16.8. The number of hydrogen-bond donors (Lipinski definition) is 5. The van der Waals surface area contributed by atoms with Gasteiger partial charge in [-0.1, -0.05) is 0 Å². The third-order valence-electron chi connectivity index (χ3n) is 5.48. The number of fused-ring (bicyclic) bond motifs is 1. The van der Waals surface area contributed by atoms with Crippen molar-refractivity contribution < 1.29 is 49.3 Å². The first kappa shape index (κ1) is 20.5. The second-order valence-electron chi connectivity index (χ2n) is 7.45. The fraction of sp³-hybridized carbons (Fsp3) is 0.824. The van der Waals surface area contributed by atoms with Crippen LogP contribution in [0.15, 0.2) is 12.3 Å². The second kappa shape index (κ2) is 7.63. The molecule has 10 nitrogen and oxygen atoms in total. The van der Waals surface area contributed by atoms with Crippen LogP contribution in [0.25, 0.3) is 0 Å².